The van der Waals surface area contributed by atoms with Crippen molar-refractivity contribution in [3.63, 3.8) is 0 Å². The summed E-state index contributed by atoms with van der Waals surface area (Å²) in [6.07, 6.45) is 5.03. The van der Waals surface area contributed by atoms with Gasteiger partial charge in [0.1, 0.15) is 0 Å². The minimum atomic E-state index is -0.281. The van der Waals surface area contributed by atoms with Crippen molar-refractivity contribution in [3.05, 3.63) is 30.5 Å². The van der Waals surface area contributed by atoms with E-state index in [0.29, 0.717) is 11.8 Å². The standard InChI is InChI=1S/C20H24N4O2/c1-19(2)14-8-9-20(19,3)16(10-14)22-23-17(25)12-26-18-15-7-5-4-6-13(15)11-21-24-18/h4-7,11,14H,8-10,12H2,1-3H3,(H,23,25)/t14-,20+/m0/s1. The maximum atomic E-state index is 12.2. The number of nitrogens with one attached hydrogen (secondary N) is 1. The highest BCUT2D eigenvalue weighted by Gasteiger charge is 2.59. The molecule has 1 aromatic heterocycles. The Morgan fingerprint density at radius 1 is 1.35 bits per heavy atom. The molecular weight excluding hydrogens is 328 g/mol. The zero-order valence-electron chi connectivity index (χ0n) is 15.5. The summed E-state index contributed by atoms with van der Waals surface area (Å²) in [5.41, 5.74) is 4.09. The van der Waals surface area contributed by atoms with Crippen molar-refractivity contribution in [2.45, 2.75) is 40.0 Å². The van der Waals surface area contributed by atoms with E-state index in [9.17, 15) is 4.79 Å². The van der Waals surface area contributed by atoms with Crippen LogP contribution >= 0.6 is 0 Å². The lowest BCUT2D eigenvalue weighted by Crippen LogP contribution is -2.35. The average Bonchev–Trinajstić information content (AvgIpc) is 2.98. The van der Waals surface area contributed by atoms with Crippen LogP contribution < -0.4 is 10.2 Å². The zero-order valence-corrected chi connectivity index (χ0v) is 15.5. The van der Waals surface area contributed by atoms with Crippen LogP contribution in [0.1, 0.15) is 40.0 Å². The number of hydrogen-bond donors (Lipinski definition) is 1. The maximum absolute atomic E-state index is 12.2. The highest BCUT2D eigenvalue weighted by atomic mass is 16.5. The number of hydrazone groups is 1. The van der Waals surface area contributed by atoms with Crippen LogP contribution in [0, 0.1) is 16.7 Å². The number of nitrogens with zero attached hydrogens (tertiary/aromatic N) is 3. The summed E-state index contributed by atoms with van der Waals surface area (Å²) in [6.45, 7) is 6.77. The second kappa shape index (κ2) is 6.04. The number of rotatable bonds is 4. The van der Waals surface area contributed by atoms with E-state index in [1.807, 2.05) is 24.3 Å². The molecule has 0 radical (unpaired) electrons. The van der Waals surface area contributed by atoms with Gasteiger partial charge in [-0.3, -0.25) is 4.79 Å². The molecule has 1 amide bonds. The second-order valence-electron chi connectivity index (χ2n) is 8.11. The van der Waals surface area contributed by atoms with E-state index < -0.39 is 0 Å². The Balaban J connectivity index is 1.41. The largest absolute Gasteiger partial charge is 0.466 e. The van der Waals surface area contributed by atoms with Gasteiger partial charge in [-0.15, -0.1) is 5.10 Å². The molecule has 0 spiro atoms. The van der Waals surface area contributed by atoms with Crippen LogP contribution in [0.4, 0.5) is 0 Å². The number of ether oxygens (including phenoxy) is 1. The zero-order chi connectivity index (χ0) is 18.4. The first-order valence-electron chi connectivity index (χ1n) is 9.11. The number of carbonyl (C=O) groups excluding carboxylic acids is 1. The topological polar surface area (TPSA) is 76.5 Å². The quantitative estimate of drug-likeness (QED) is 0.856. The SMILES string of the molecule is CC1(C)[C@H]2CC[C@]1(C)C(=NNC(=O)COc1nncc3ccccc13)C2. The fourth-order valence-electron chi connectivity index (χ4n) is 4.50. The van der Waals surface area contributed by atoms with Gasteiger partial charge in [-0.05, 0) is 36.7 Å². The van der Waals surface area contributed by atoms with Gasteiger partial charge in [-0.1, -0.05) is 39.0 Å². The lowest BCUT2D eigenvalue weighted by atomic mass is 9.70. The van der Waals surface area contributed by atoms with Crippen molar-refractivity contribution in [1.82, 2.24) is 15.6 Å². The van der Waals surface area contributed by atoms with E-state index in [1.165, 1.54) is 6.42 Å². The third kappa shape index (κ3) is 2.55. The first-order valence-corrected chi connectivity index (χ1v) is 9.11. The highest BCUT2D eigenvalue weighted by molar-refractivity contribution is 5.95. The first-order chi connectivity index (χ1) is 12.4. The molecule has 136 valence electrons. The fourth-order valence-corrected chi connectivity index (χ4v) is 4.50. The van der Waals surface area contributed by atoms with E-state index in [0.717, 1.165) is 29.3 Å². The second-order valence-corrected chi connectivity index (χ2v) is 8.11. The summed E-state index contributed by atoms with van der Waals surface area (Å²) in [5, 5.41) is 14.1. The molecule has 0 unspecified atom stereocenters. The number of hydrogen-bond acceptors (Lipinski definition) is 5. The van der Waals surface area contributed by atoms with Gasteiger partial charge in [0.2, 0.25) is 5.88 Å². The fraction of sp³-hybridized carbons (Fsp3) is 0.500. The van der Waals surface area contributed by atoms with Gasteiger partial charge in [-0.25, -0.2) is 5.43 Å². The molecule has 0 saturated heterocycles. The molecule has 2 saturated carbocycles. The van der Waals surface area contributed by atoms with Gasteiger partial charge in [0, 0.05) is 21.9 Å². The third-order valence-corrected chi connectivity index (χ3v) is 6.70. The molecule has 1 aromatic carbocycles. The van der Waals surface area contributed by atoms with E-state index in [4.69, 9.17) is 4.74 Å². The molecule has 2 aromatic rings. The molecule has 1 N–H and O–H groups in total. The normalized spacial score (nSPS) is 27.8. The smallest absolute Gasteiger partial charge is 0.278 e. The molecule has 26 heavy (non-hydrogen) atoms. The van der Waals surface area contributed by atoms with Crippen LogP contribution in [0.5, 0.6) is 5.88 Å². The Kier molecular flexibility index (Phi) is 3.93. The van der Waals surface area contributed by atoms with Crippen molar-refractivity contribution in [3.8, 4) is 5.88 Å². The van der Waals surface area contributed by atoms with E-state index in [1.54, 1.807) is 6.20 Å². The van der Waals surface area contributed by atoms with Crippen molar-refractivity contribution < 1.29 is 9.53 Å². The Morgan fingerprint density at radius 2 is 2.15 bits per heavy atom. The summed E-state index contributed by atoms with van der Waals surface area (Å²) in [6, 6.07) is 7.66. The van der Waals surface area contributed by atoms with Gasteiger partial charge in [0.25, 0.3) is 5.91 Å². The molecule has 6 heteroatoms. The third-order valence-electron chi connectivity index (χ3n) is 6.70. The van der Waals surface area contributed by atoms with Crippen LogP contribution in [0.25, 0.3) is 10.8 Å². The summed E-state index contributed by atoms with van der Waals surface area (Å²) in [7, 11) is 0. The molecule has 2 fully saturated rings. The Hall–Kier alpha value is -2.50. The van der Waals surface area contributed by atoms with E-state index in [-0.39, 0.29) is 23.3 Å². The Morgan fingerprint density at radius 3 is 2.88 bits per heavy atom. The molecule has 1 heterocycles. The van der Waals surface area contributed by atoms with Crippen LogP contribution in [-0.4, -0.2) is 28.4 Å². The summed E-state index contributed by atoms with van der Waals surface area (Å²) >= 11 is 0. The molecule has 2 bridgehead atoms. The van der Waals surface area contributed by atoms with Crippen molar-refractivity contribution in [2.24, 2.45) is 21.8 Å². The molecule has 2 aliphatic carbocycles. The lowest BCUT2D eigenvalue weighted by Gasteiger charge is -2.34. The summed E-state index contributed by atoms with van der Waals surface area (Å²) in [5.74, 6) is 0.737. The van der Waals surface area contributed by atoms with Gasteiger partial charge in [-0.2, -0.15) is 10.2 Å². The number of fused-ring (bicyclic) bond motifs is 3. The van der Waals surface area contributed by atoms with Crippen molar-refractivity contribution in [1.29, 1.82) is 0 Å². The summed E-state index contributed by atoms with van der Waals surface area (Å²) in [4.78, 5) is 12.2. The van der Waals surface area contributed by atoms with Gasteiger partial charge in [0.05, 0.1) is 6.20 Å². The molecule has 4 rings (SSSR count). The Labute approximate surface area is 153 Å². The molecule has 0 aliphatic heterocycles. The number of carbonyl (C=O) groups is 1. The number of benzene rings is 1. The van der Waals surface area contributed by atoms with Crippen LogP contribution in [0.15, 0.2) is 35.6 Å². The van der Waals surface area contributed by atoms with Gasteiger partial charge in [0.15, 0.2) is 6.61 Å². The highest BCUT2D eigenvalue weighted by Crippen LogP contribution is 2.63. The van der Waals surface area contributed by atoms with Crippen LogP contribution in [0.3, 0.4) is 0 Å². The predicted molar refractivity (Wildman–Crippen MR) is 99.8 cm³/mol. The first kappa shape index (κ1) is 16.9. The maximum Gasteiger partial charge on any atom is 0.278 e. The predicted octanol–water partition coefficient (Wildman–Crippen LogP) is 3.33. The van der Waals surface area contributed by atoms with Crippen LogP contribution in [-0.2, 0) is 4.79 Å². The molecule has 2 aliphatic rings. The monoisotopic (exact) mass is 352 g/mol. The van der Waals surface area contributed by atoms with E-state index in [2.05, 4.69) is 41.5 Å². The van der Waals surface area contributed by atoms with E-state index >= 15 is 0 Å². The van der Waals surface area contributed by atoms with Crippen molar-refractivity contribution >= 4 is 22.4 Å². The van der Waals surface area contributed by atoms with Crippen molar-refractivity contribution in [2.75, 3.05) is 6.61 Å². The molecular formula is C20H24N4O2. The summed E-state index contributed by atoms with van der Waals surface area (Å²) < 4.78 is 5.57. The van der Waals surface area contributed by atoms with Crippen LogP contribution in [0.2, 0.25) is 0 Å². The number of amides is 1. The average molecular weight is 352 g/mol. The van der Waals surface area contributed by atoms with Gasteiger partial charge >= 0.3 is 0 Å². The molecule has 2 atom stereocenters. The minimum Gasteiger partial charge on any atom is -0.466 e. The lowest BCUT2D eigenvalue weighted by molar-refractivity contribution is -0.123. The minimum absolute atomic E-state index is 0.0763. The van der Waals surface area contributed by atoms with Gasteiger partial charge < -0.3 is 4.74 Å². The number of aromatic nitrogens is 2. The molecule has 6 nitrogen and oxygen atoms in total. The Bertz CT molecular complexity index is 887.